The number of carbonyl (C=O) groups is 1. The van der Waals surface area contributed by atoms with Gasteiger partial charge in [0.1, 0.15) is 16.8 Å². The summed E-state index contributed by atoms with van der Waals surface area (Å²) in [4.78, 5) is 14.2. The van der Waals surface area contributed by atoms with Crippen molar-refractivity contribution in [3.63, 3.8) is 0 Å². The average molecular weight is 386 g/mol. The summed E-state index contributed by atoms with van der Waals surface area (Å²) in [5.41, 5.74) is 3.59. The number of rotatable bonds is 6. The van der Waals surface area contributed by atoms with Gasteiger partial charge in [-0.3, -0.25) is 4.79 Å². The molecule has 1 amide bonds. The Hall–Kier alpha value is -3.67. The molecule has 1 heterocycles. The highest BCUT2D eigenvalue weighted by Gasteiger charge is 2.10. The number of fused-ring (bicyclic) bond motifs is 1. The van der Waals surface area contributed by atoms with E-state index in [4.69, 9.17) is 4.74 Å². The molecule has 0 aliphatic carbocycles. The van der Waals surface area contributed by atoms with E-state index in [2.05, 4.69) is 22.4 Å². The molecule has 0 unspecified atom stereocenters. The van der Waals surface area contributed by atoms with Crippen molar-refractivity contribution in [3.8, 4) is 11.4 Å². The molecule has 4 rings (SSSR count). The van der Waals surface area contributed by atoms with Gasteiger partial charge in [0, 0.05) is 11.3 Å². The molecule has 1 atom stereocenters. The molecule has 0 spiro atoms. The first-order chi connectivity index (χ1) is 14.1. The Balaban J connectivity index is 1.49. The zero-order valence-corrected chi connectivity index (χ0v) is 16.4. The number of nitrogens with zero attached hydrogens (tertiary/aromatic N) is 3. The topological polar surface area (TPSA) is 69.0 Å². The van der Waals surface area contributed by atoms with Gasteiger partial charge in [-0.2, -0.15) is 4.80 Å². The molecule has 6 heteroatoms. The maximum absolute atomic E-state index is 12.6. The highest BCUT2D eigenvalue weighted by molar-refractivity contribution is 6.05. The summed E-state index contributed by atoms with van der Waals surface area (Å²) in [5.74, 6) is 0.574. The number of para-hydroxylation sites is 1. The van der Waals surface area contributed by atoms with Gasteiger partial charge in [-0.05, 0) is 67.9 Å². The largest absolute Gasteiger partial charge is 0.491 e. The Morgan fingerprint density at radius 3 is 2.45 bits per heavy atom. The number of aromatic nitrogens is 3. The van der Waals surface area contributed by atoms with Gasteiger partial charge >= 0.3 is 0 Å². The Bertz CT molecular complexity index is 1120. The van der Waals surface area contributed by atoms with Gasteiger partial charge in [0.25, 0.3) is 5.91 Å². The van der Waals surface area contributed by atoms with Crippen LogP contribution < -0.4 is 10.1 Å². The molecule has 4 aromatic rings. The van der Waals surface area contributed by atoms with Crippen molar-refractivity contribution in [3.05, 3.63) is 78.4 Å². The predicted octanol–water partition coefficient (Wildman–Crippen LogP) is 4.85. The molecule has 3 aromatic carbocycles. The number of hydrogen-bond donors (Lipinski definition) is 1. The maximum atomic E-state index is 12.6. The summed E-state index contributed by atoms with van der Waals surface area (Å²) in [7, 11) is 0. The smallest absolute Gasteiger partial charge is 0.255 e. The number of carbonyl (C=O) groups excluding carboxylic acids is 1. The second kappa shape index (κ2) is 8.14. The van der Waals surface area contributed by atoms with Crippen LogP contribution in [0.25, 0.3) is 16.7 Å². The molecule has 0 fully saturated rings. The standard InChI is InChI=1S/C23H22N4O2/c1-3-16(2)29-20-12-9-17(10-13-20)23(28)24-18-11-14-21-22(15-18)26-27(25-21)19-7-5-4-6-8-19/h4-16H,3H2,1-2H3,(H,24,28)/t16-/m0/s1. The number of anilines is 1. The summed E-state index contributed by atoms with van der Waals surface area (Å²) in [5, 5.41) is 11.9. The van der Waals surface area contributed by atoms with Gasteiger partial charge in [0.2, 0.25) is 0 Å². The third-order valence-electron chi connectivity index (χ3n) is 4.65. The zero-order chi connectivity index (χ0) is 20.2. The van der Waals surface area contributed by atoms with E-state index < -0.39 is 0 Å². The lowest BCUT2D eigenvalue weighted by Crippen LogP contribution is -2.12. The monoisotopic (exact) mass is 386 g/mol. The van der Waals surface area contributed by atoms with Crippen LogP contribution in [0.1, 0.15) is 30.6 Å². The van der Waals surface area contributed by atoms with E-state index in [1.165, 1.54) is 0 Å². The minimum Gasteiger partial charge on any atom is -0.491 e. The van der Waals surface area contributed by atoms with Gasteiger partial charge < -0.3 is 10.1 Å². The van der Waals surface area contributed by atoms with Gasteiger partial charge in [0.15, 0.2) is 0 Å². The fourth-order valence-electron chi connectivity index (χ4n) is 2.87. The van der Waals surface area contributed by atoms with Gasteiger partial charge in [0.05, 0.1) is 11.8 Å². The lowest BCUT2D eigenvalue weighted by molar-refractivity contribution is 0.102. The fraction of sp³-hybridized carbons (Fsp3) is 0.174. The molecule has 29 heavy (non-hydrogen) atoms. The summed E-state index contributed by atoms with van der Waals surface area (Å²) in [6.45, 7) is 4.09. The van der Waals surface area contributed by atoms with E-state index in [9.17, 15) is 4.79 Å². The first kappa shape index (κ1) is 18.7. The third kappa shape index (κ3) is 4.27. The first-order valence-corrected chi connectivity index (χ1v) is 9.63. The molecular formula is C23H22N4O2. The lowest BCUT2D eigenvalue weighted by Gasteiger charge is -2.12. The zero-order valence-electron chi connectivity index (χ0n) is 16.4. The second-order valence-corrected chi connectivity index (χ2v) is 6.84. The molecule has 1 N–H and O–H groups in total. The minimum atomic E-state index is -0.185. The van der Waals surface area contributed by atoms with Crippen molar-refractivity contribution in [1.82, 2.24) is 15.0 Å². The van der Waals surface area contributed by atoms with Crippen molar-refractivity contribution in [2.75, 3.05) is 5.32 Å². The van der Waals surface area contributed by atoms with Crippen LogP contribution >= 0.6 is 0 Å². The Morgan fingerprint density at radius 2 is 1.72 bits per heavy atom. The Kier molecular flexibility index (Phi) is 5.24. The van der Waals surface area contributed by atoms with Crippen LogP contribution in [0.5, 0.6) is 5.75 Å². The van der Waals surface area contributed by atoms with E-state index in [0.29, 0.717) is 16.8 Å². The van der Waals surface area contributed by atoms with Crippen LogP contribution in [-0.4, -0.2) is 27.0 Å². The normalized spacial score (nSPS) is 11.9. The van der Waals surface area contributed by atoms with E-state index in [1.807, 2.05) is 67.6 Å². The highest BCUT2D eigenvalue weighted by Crippen LogP contribution is 2.19. The molecule has 0 bridgehead atoms. The van der Waals surface area contributed by atoms with Crippen molar-refractivity contribution in [1.29, 1.82) is 0 Å². The van der Waals surface area contributed by atoms with E-state index in [1.54, 1.807) is 16.9 Å². The van der Waals surface area contributed by atoms with Crippen LogP contribution in [0.4, 0.5) is 5.69 Å². The van der Waals surface area contributed by atoms with Crippen molar-refractivity contribution < 1.29 is 9.53 Å². The minimum absolute atomic E-state index is 0.144. The van der Waals surface area contributed by atoms with Crippen LogP contribution in [0.2, 0.25) is 0 Å². The van der Waals surface area contributed by atoms with Crippen molar-refractivity contribution >= 4 is 22.6 Å². The van der Waals surface area contributed by atoms with E-state index in [-0.39, 0.29) is 12.0 Å². The molecule has 0 aliphatic rings. The molecule has 0 radical (unpaired) electrons. The van der Waals surface area contributed by atoms with Crippen LogP contribution in [0, 0.1) is 0 Å². The fourth-order valence-corrected chi connectivity index (χ4v) is 2.87. The summed E-state index contributed by atoms with van der Waals surface area (Å²) in [6, 6.07) is 22.4. The number of ether oxygens (including phenoxy) is 1. The van der Waals surface area contributed by atoms with Gasteiger partial charge in [-0.25, -0.2) is 0 Å². The van der Waals surface area contributed by atoms with Crippen molar-refractivity contribution in [2.24, 2.45) is 0 Å². The number of benzene rings is 3. The van der Waals surface area contributed by atoms with Crippen LogP contribution in [0.3, 0.4) is 0 Å². The number of hydrogen-bond acceptors (Lipinski definition) is 4. The molecule has 0 aliphatic heterocycles. The van der Waals surface area contributed by atoms with E-state index >= 15 is 0 Å². The number of amides is 1. The third-order valence-corrected chi connectivity index (χ3v) is 4.65. The Labute approximate surface area is 169 Å². The molecule has 1 aromatic heterocycles. The van der Waals surface area contributed by atoms with Crippen LogP contribution in [0.15, 0.2) is 72.8 Å². The highest BCUT2D eigenvalue weighted by atomic mass is 16.5. The molecule has 0 saturated heterocycles. The molecule has 6 nitrogen and oxygen atoms in total. The second-order valence-electron chi connectivity index (χ2n) is 6.84. The van der Waals surface area contributed by atoms with Gasteiger partial charge in [-0.1, -0.05) is 25.1 Å². The summed E-state index contributed by atoms with van der Waals surface area (Å²) >= 11 is 0. The summed E-state index contributed by atoms with van der Waals surface area (Å²) in [6.07, 6.45) is 1.07. The lowest BCUT2D eigenvalue weighted by atomic mass is 10.2. The quantitative estimate of drug-likeness (QED) is 0.514. The molecule has 0 saturated carbocycles. The van der Waals surface area contributed by atoms with Gasteiger partial charge in [-0.15, -0.1) is 10.2 Å². The molecular weight excluding hydrogens is 364 g/mol. The SMILES string of the molecule is CC[C@H](C)Oc1ccc(C(=O)Nc2ccc3nn(-c4ccccc4)nc3c2)cc1. The van der Waals surface area contributed by atoms with Crippen molar-refractivity contribution in [2.45, 2.75) is 26.4 Å². The maximum Gasteiger partial charge on any atom is 0.255 e. The van der Waals surface area contributed by atoms with E-state index in [0.717, 1.165) is 23.4 Å². The molecule has 146 valence electrons. The first-order valence-electron chi connectivity index (χ1n) is 9.63. The predicted molar refractivity (Wildman–Crippen MR) is 114 cm³/mol. The number of nitrogens with one attached hydrogen (secondary N) is 1. The van der Waals surface area contributed by atoms with Crippen LogP contribution in [-0.2, 0) is 0 Å². The Morgan fingerprint density at radius 1 is 1.00 bits per heavy atom. The average Bonchev–Trinajstić information content (AvgIpc) is 3.18. The summed E-state index contributed by atoms with van der Waals surface area (Å²) < 4.78 is 5.75.